The van der Waals surface area contributed by atoms with Gasteiger partial charge in [0.15, 0.2) is 18.7 Å². The average Bonchev–Trinajstić information content (AvgIpc) is 0.764. The highest BCUT2D eigenvalue weighted by molar-refractivity contribution is 7.47. The summed E-state index contributed by atoms with van der Waals surface area (Å²) in [6.45, 7) is 5.74. The Bertz CT molecular complexity index is 2160. The van der Waals surface area contributed by atoms with Crippen molar-refractivity contribution in [3.05, 3.63) is 24.3 Å². The largest absolute Gasteiger partial charge is 0.472 e. The molecule has 3 rings (SSSR count). The van der Waals surface area contributed by atoms with Crippen LogP contribution in [-0.4, -0.2) is 204 Å². The van der Waals surface area contributed by atoms with E-state index in [1.807, 2.05) is 0 Å². The van der Waals surface area contributed by atoms with E-state index in [1.54, 1.807) is 0 Å². The summed E-state index contributed by atoms with van der Waals surface area (Å²) in [5.74, 6) is -1.31. The van der Waals surface area contributed by atoms with Crippen LogP contribution in [0.25, 0.3) is 0 Å². The Hall–Kier alpha value is -2.56. The van der Waals surface area contributed by atoms with E-state index in [1.165, 1.54) is 109 Å². The fourth-order valence-corrected chi connectivity index (χ4v) is 13.7. The van der Waals surface area contributed by atoms with E-state index in [0.717, 1.165) is 116 Å². The lowest BCUT2D eigenvalue weighted by Gasteiger charge is -2.49. The van der Waals surface area contributed by atoms with Gasteiger partial charge in [0, 0.05) is 19.3 Å². The van der Waals surface area contributed by atoms with Crippen LogP contribution in [0.15, 0.2) is 24.3 Å². The highest BCUT2D eigenvalue weighted by Crippen LogP contribution is 2.49. The molecule has 0 radical (unpaired) electrons. The van der Waals surface area contributed by atoms with Gasteiger partial charge in [0.2, 0.25) is 0 Å². The lowest BCUT2D eigenvalue weighted by Crippen LogP contribution is -2.69. The second-order valence-corrected chi connectivity index (χ2v) is 29.4. The minimum absolute atomic E-state index is 0.00769. The van der Waals surface area contributed by atoms with Gasteiger partial charge in [-0.05, 0) is 76.5 Å². The highest BCUT2D eigenvalue weighted by atomic mass is 31.2. The molecule has 580 valence electrons. The second-order valence-electron chi connectivity index (χ2n) is 28.0. The maximum absolute atomic E-state index is 14.4. The number of allylic oxidation sites excluding steroid dienone is 4. The lowest BCUT2D eigenvalue weighted by atomic mass is 9.84. The predicted octanol–water partition coefficient (Wildman–Crippen LogP) is 10.8. The van der Waals surface area contributed by atoms with Crippen LogP contribution in [0.5, 0.6) is 0 Å². The number of ether oxygens (including phenoxy) is 7. The maximum atomic E-state index is 14.4. The van der Waals surface area contributed by atoms with Gasteiger partial charge in [-0.25, -0.2) is 4.57 Å². The Morgan fingerprint density at radius 3 is 1.21 bits per heavy atom. The fraction of sp³-hybridized carbons (Fsp3) is 0.905. The molecule has 3 fully saturated rings. The molecule has 0 bridgehead atoms. The first kappa shape index (κ1) is 90.7. The third-order valence-corrected chi connectivity index (χ3v) is 20.1. The second kappa shape index (κ2) is 55.0. The van der Waals surface area contributed by atoms with Crippen LogP contribution in [0.4, 0.5) is 0 Å². The summed E-state index contributed by atoms with van der Waals surface area (Å²) < 4.78 is 65.1. The van der Waals surface area contributed by atoms with Gasteiger partial charge < -0.3 is 89.1 Å². The molecule has 19 unspecified atom stereocenters. The number of unbranched alkanes of at least 4 members (excludes halogenated alkanes) is 30. The molecule has 2 saturated heterocycles. The molecule has 2 heterocycles. The first-order chi connectivity index (χ1) is 47.7. The number of phosphoric ester groups is 1. The van der Waals surface area contributed by atoms with Crippen molar-refractivity contribution in [1.29, 1.82) is 0 Å². The van der Waals surface area contributed by atoms with E-state index < -0.39 is 156 Å². The molecule has 0 aromatic heterocycles. The molecule has 2 aliphatic heterocycles. The Kier molecular flexibility index (Phi) is 50.3. The topological polar surface area (TPSA) is 374 Å². The van der Waals surface area contributed by atoms with Crippen LogP contribution in [0.1, 0.15) is 291 Å². The molecule has 0 amide bonds. The first-order valence-electron chi connectivity index (χ1n) is 38.5. The number of phosphoric acid groups is 1. The number of aliphatic hydroxyl groups is 10. The summed E-state index contributed by atoms with van der Waals surface area (Å²) in [5.41, 5.74) is 0. The van der Waals surface area contributed by atoms with Crippen molar-refractivity contribution in [2.24, 2.45) is 5.92 Å². The van der Waals surface area contributed by atoms with Crippen molar-refractivity contribution in [1.82, 2.24) is 0 Å². The summed E-state index contributed by atoms with van der Waals surface area (Å²) in [6.07, 6.45) is 13.9. The molecule has 0 aromatic carbocycles. The average molecular weight is 1440 g/mol. The van der Waals surface area contributed by atoms with Crippen LogP contribution in [-0.2, 0) is 61.2 Å². The van der Waals surface area contributed by atoms with Gasteiger partial charge in [-0.3, -0.25) is 23.4 Å². The molecule has 11 N–H and O–H groups in total. The predicted molar refractivity (Wildman–Crippen MR) is 374 cm³/mol. The zero-order valence-electron chi connectivity index (χ0n) is 60.7. The van der Waals surface area contributed by atoms with Crippen molar-refractivity contribution in [3.63, 3.8) is 0 Å². The molecule has 25 heteroatoms. The minimum atomic E-state index is -5.70. The minimum Gasteiger partial charge on any atom is -0.463 e. The summed E-state index contributed by atoms with van der Waals surface area (Å²) in [4.78, 5) is 51.1. The molecule has 3 aliphatic rings. The van der Waals surface area contributed by atoms with Gasteiger partial charge in [0.05, 0.1) is 13.2 Å². The molecule has 0 spiro atoms. The molecule has 19 atom stereocenters. The monoisotopic (exact) mass is 1440 g/mol. The maximum Gasteiger partial charge on any atom is 0.472 e. The van der Waals surface area contributed by atoms with E-state index in [-0.39, 0.29) is 19.3 Å². The summed E-state index contributed by atoms with van der Waals surface area (Å²) >= 11 is 0. The SMILES string of the molecule is CCCCCC/C=C\CCCCCCCCCC(=O)OC(COC(=O)CCCCCCCCC(C)CCCCCCCC)COP(=O)(O)OC1C(OC2OC(CO)C(O)C(O)C2O)C(O)C(O)C(O)C1OC1OC(COC(=O)CCCCC/C=C\CCCCCCCC)C(O)C(O)C1O. The molecular weight excluding hydrogens is 1300 g/mol. The number of hydrogen-bond acceptors (Lipinski definition) is 23. The van der Waals surface area contributed by atoms with Crippen LogP contribution < -0.4 is 0 Å². The number of carbonyl (C=O) groups excluding carboxylic acids is 3. The fourth-order valence-electron chi connectivity index (χ4n) is 12.7. The molecule has 24 nitrogen and oxygen atoms in total. The quantitative estimate of drug-likeness (QED) is 0.00886. The Labute approximate surface area is 592 Å². The zero-order chi connectivity index (χ0) is 72.6. The van der Waals surface area contributed by atoms with Gasteiger partial charge in [0.25, 0.3) is 0 Å². The summed E-state index contributed by atoms with van der Waals surface area (Å²) in [7, 11) is -5.70. The summed E-state index contributed by atoms with van der Waals surface area (Å²) in [5, 5.41) is 110. The number of aliphatic hydroxyl groups excluding tert-OH is 10. The zero-order valence-corrected chi connectivity index (χ0v) is 61.6. The lowest BCUT2D eigenvalue weighted by molar-refractivity contribution is -0.360. The van der Waals surface area contributed by atoms with Gasteiger partial charge >= 0.3 is 25.7 Å². The van der Waals surface area contributed by atoms with Gasteiger partial charge in [-0.2, -0.15) is 0 Å². The van der Waals surface area contributed by atoms with Gasteiger partial charge in [0.1, 0.15) is 98.7 Å². The summed E-state index contributed by atoms with van der Waals surface area (Å²) in [6, 6.07) is 0. The molecule has 1 aliphatic carbocycles. The molecular formula is C74H135O24P. The number of esters is 3. The van der Waals surface area contributed by atoms with Crippen molar-refractivity contribution in [2.45, 2.75) is 395 Å². The van der Waals surface area contributed by atoms with Gasteiger partial charge in [-0.1, -0.05) is 225 Å². The standard InChI is InChI=1S/C74H135O24P/c1-5-8-11-14-17-19-21-23-24-26-28-30-32-39-44-49-60(78)93-55(51-90-58(76)47-42-38-34-33-36-41-46-54(4)45-40-35-16-13-10-7-3)52-92-99(88,89)98-72-70(96-73-68(86)63(81)61(79)56(50-75)94-73)66(84)65(83)67(85)71(72)97-74-69(87)64(82)62(80)57(95-74)53-91-59(77)48-43-37-31-29-27-25-22-20-18-15-12-9-6-2/h19,21,25,27,54-57,61-75,79-87H,5-18,20,22-24,26,28-53H2,1-4H3,(H,88,89)/b21-19-,27-25-. The highest BCUT2D eigenvalue weighted by Gasteiger charge is 2.58. The van der Waals surface area contributed by atoms with E-state index in [9.17, 15) is 74.9 Å². The van der Waals surface area contributed by atoms with Crippen LogP contribution >= 0.6 is 7.82 Å². The smallest absolute Gasteiger partial charge is 0.463 e. The number of rotatable bonds is 59. The van der Waals surface area contributed by atoms with Gasteiger partial charge in [-0.15, -0.1) is 0 Å². The molecule has 99 heavy (non-hydrogen) atoms. The number of carbonyl (C=O) groups is 3. The van der Waals surface area contributed by atoms with E-state index in [4.69, 9.17) is 42.2 Å². The third-order valence-electron chi connectivity index (χ3n) is 19.1. The third kappa shape index (κ3) is 38.3. The Morgan fingerprint density at radius 2 is 0.768 bits per heavy atom. The Balaban J connectivity index is 1.74. The van der Waals surface area contributed by atoms with E-state index in [2.05, 4.69) is 52.0 Å². The van der Waals surface area contributed by atoms with E-state index >= 15 is 0 Å². The van der Waals surface area contributed by atoms with Crippen molar-refractivity contribution in [3.8, 4) is 0 Å². The van der Waals surface area contributed by atoms with Crippen LogP contribution in [0, 0.1) is 5.92 Å². The van der Waals surface area contributed by atoms with Crippen molar-refractivity contribution >= 4 is 25.7 Å². The number of hydrogen-bond donors (Lipinski definition) is 11. The van der Waals surface area contributed by atoms with Crippen molar-refractivity contribution < 1.29 is 117 Å². The molecule has 0 aromatic rings. The van der Waals surface area contributed by atoms with Crippen LogP contribution in [0.3, 0.4) is 0 Å². The Morgan fingerprint density at radius 1 is 0.414 bits per heavy atom. The first-order valence-corrected chi connectivity index (χ1v) is 40.0. The molecule has 1 saturated carbocycles. The van der Waals surface area contributed by atoms with Crippen LogP contribution in [0.2, 0.25) is 0 Å². The van der Waals surface area contributed by atoms with E-state index in [0.29, 0.717) is 25.2 Å². The van der Waals surface area contributed by atoms with Crippen molar-refractivity contribution in [2.75, 3.05) is 26.4 Å². The normalized spacial score (nSPS) is 27.9.